The Morgan fingerprint density at radius 2 is 2.12 bits per heavy atom. The number of anilines is 1. The third kappa shape index (κ3) is 4.73. The lowest BCUT2D eigenvalue weighted by atomic mass is 10.0. The minimum absolute atomic E-state index is 0.189. The van der Waals surface area contributed by atoms with E-state index in [-0.39, 0.29) is 23.9 Å². The lowest BCUT2D eigenvalue weighted by molar-refractivity contribution is -0.111. The summed E-state index contributed by atoms with van der Waals surface area (Å²) in [6.45, 7) is 3.18. The van der Waals surface area contributed by atoms with Gasteiger partial charge in [0.25, 0.3) is 5.91 Å². The molecule has 2 amide bonds. The van der Waals surface area contributed by atoms with E-state index < -0.39 is 11.7 Å². The number of halogens is 1. The van der Waals surface area contributed by atoms with Crippen LogP contribution in [0.3, 0.4) is 0 Å². The Hall–Kier alpha value is -5.04. The monoisotopic (exact) mass is 456 g/mol. The van der Waals surface area contributed by atoms with Crippen molar-refractivity contribution >= 4 is 28.7 Å². The van der Waals surface area contributed by atoms with Crippen molar-refractivity contribution in [1.29, 1.82) is 5.26 Å². The number of benzene rings is 2. The van der Waals surface area contributed by atoms with Crippen LogP contribution >= 0.6 is 0 Å². The Bertz CT molecular complexity index is 1460. The van der Waals surface area contributed by atoms with Crippen molar-refractivity contribution < 1.29 is 18.7 Å². The summed E-state index contributed by atoms with van der Waals surface area (Å²) in [5.74, 6) is -1.15. The number of rotatable bonds is 7. The smallest absolute Gasteiger partial charge is 0.255 e. The summed E-state index contributed by atoms with van der Waals surface area (Å²) in [7, 11) is 0. The summed E-state index contributed by atoms with van der Waals surface area (Å²) >= 11 is 0. The highest BCUT2D eigenvalue weighted by molar-refractivity contribution is 5.99. The van der Waals surface area contributed by atoms with Gasteiger partial charge in [0.15, 0.2) is 5.65 Å². The number of fused-ring (bicyclic) bond motifs is 1. The number of nitrogens with zero attached hydrogens (tertiary/aromatic N) is 3. The second kappa shape index (κ2) is 9.62. The lowest BCUT2D eigenvalue weighted by Gasteiger charge is -2.08. The summed E-state index contributed by atoms with van der Waals surface area (Å²) in [5.41, 5.74) is 2.34. The minimum atomic E-state index is -0.711. The summed E-state index contributed by atoms with van der Waals surface area (Å²) in [6, 6.07) is 12.6. The van der Waals surface area contributed by atoms with E-state index in [0.717, 1.165) is 6.08 Å². The fourth-order valence-electron chi connectivity index (χ4n) is 3.18. The highest BCUT2D eigenvalue weighted by Crippen LogP contribution is 2.30. The van der Waals surface area contributed by atoms with Gasteiger partial charge in [0.1, 0.15) is 23.6 Å². The average Bonchev–Trinajstić information content (AvgIpc) is 3.26. The molecule has 10 heteroatoms. The summed E-state index contributed by atoms with van der Waals surface area (Å²) in [5, 5.41) is 13.6. The van der Waals surface area contributed by atoms with Gasteiger partial charge in [-0.3, -0.25) is 9.59 Å². The second-order valence-electron chi connectivity index (χ2n) is 6.97. The maximum atomic E-state index is 14.2. The fraction of sp³-hybridized carbons (Fsp3) is 0.0417. The van der Waals surface area contributed by atoms with Crippen LogP contribution in [0.4, 0.5) is 10.1 Å². The number of nitriles is 1. The molecule has 168 valence electrons. The van der Waals surface area contributed by atoms with Gasteiger partial charge in [-0.1, -0.05) is 18.7 Å². The molecule has 0 atom stereocenters. The topological polar surface area (TPSA) is 133 Å². The molecule has 9 nitrogen and oxygen atoms in total. The Morgan fingerprint density at radius 1 is 1.26 bits per heavy atom. The molecule has 0 fully saturated rings. The first-order valence-electron chi connectivity index (χ1n) is 9.99. The molecule has 0 aliphatic rings. The molecule has 0 unspecified atom stereocenters. The van der Waals surface area contributed by atoms with Crippen molar-refractivity contribution in [3.63, 3.8) is 0 Å². The number of nitrogens with one attached hydrogen (secondary N) is 3. The van der Waals surface area contributed by atoms with E-state index in [1.54, 1.807) is 36.5 Å². The molecule has 2 heterocycles. The zero-order valence-corrected chi connectivity index (χ0v) is 17.6. The van der Waals surface area contributed by atoms with Crippen molar-refractivity contribution in [3.05, 3.63) is 78.9 Å². The van der Waals surface area contributed by atoms with Gasteiger partial charge in [-0.25, -0.2) is 14.4 Å². The minimum Gasteiger partial charge on any atom is -0.437 e. The van der Waals surface area contributed by atoms with Gasteiger partial charge < -0.3 is 20.4 Å². The van der Waals surface area contributed by atoms with E-state index in [1.807, 2.05) is 0 Å². The molecule has 0 radical (unpaired) electrons. The molecular weight excluding hydrogens is 439 g/mol. The number of carbonyl (C=O) groups is 2. The van der Waals surface area contributed by atoms with Gasteiger partial charge in [-0.05, 0) is 35.9 Å². The molecular formula is C24H17FN6O3. The number of hydrogen-bond donors (Lipinski definition) is 3. The van der Waals surface area contributed by atoms with Crippen LogP contribution < -0.4 is 15.4 Å². The third-order valence-electron chi connectivity index (χ3n) is 4.72. The lowest BCUT2D eigenvalue weighted by Crippen LogP contribution is -2.24. The van der Waals surface area contributed by atoms with Gasteiger partial charge >= 0.3 is 0 Å². The van der Waals surface area contributed by atoms with Crippen LogP contribution in [0.25, 0.3) is 22.3 Å². The van der Waals surface area contributed by atoms with Crippen LogP contribution in [0.1, 0.15) is 10.4 Å². The number of ether oxygens (including phenoxy) is 1. The van der Waals surface area contributed by atoms with Crippen LogP contribution in [0.15, 0.2) is 67.5 Å². The van der Waals surface area contributed by atoms with Crippen LogP contribution in [0.5, 0.6) is 11.6 Å². The maximum absolute atomic E-state index is 14.2. The Kier molecular flexibility index (Phi) is 6.27. The van der Waals surface area contributed by atoms with Crippen molar-refractivity contribution in [3.8, 4) is 28.8 Å². The molecule has 4 rings (SSSR count). The molecule has 2 aromatic carbocycles. The van der Waals surface area contributed by atoms with Gasteiger partial charge in [0.2, 0.25) is 11.8 Å². The molecule has 4 aromatic rings. The van der Waals surface area contributed by atoms with E-state index in [9.17, 15) is 14.0 Å². The van der Waals surface area contributed by atoms with E-state index in [0.29, 0.717) is 33.7 Å². The molecule has 0 spiro atoms. The second-order valence-corrected chi connectivity index (χ2v) is 6.97. The first-order chi connectivity index (χ1) is 16.5. The number of amides is 2. The zero-order chi connectivity index (χ0) is 24.1. The Balaban J connectivity index is 1.65. The predicted octanol–water partition coefficient (Wildman–Crippen LogP) is 3.93. The van der Waals surface area contributed by atoms with Crippen molar-refractivity contribution in [1.82, 2.24) is 20.3 Å². The summed E-state index contributed by atoms with van der Waals surface area (Å²) < 4.78 is 20.0. The molecule has 3 N–H and O–H groups in total. The van der Waals surface area contributed by atoms with Crippen molar-refractivity contribution in [2.24, 2.45) is 0 Å². The first-order valence-corrected chi connectivity index (χ1v) is 9.99. The first kappa shape index (κ1) is 22.2. The summed E-state index contributed by atoms with van der Waals surface area (Å²) in [4.78, 5) is 35.5. The average molecular weight is 456 g/mol. The quantitative estimate of drug-likeness (QED) is 0.285. The van der Waals surface area contributed by atoms with E-state index in [2.05, 4.69) is 32.2 Å². The fourth-order valence-corrected chi connectivity index (χ4v) is 3.18. The third-order valence-corrected chi connectivity index (χ3v) is 4.72. The molecule has 0 saturated heterocycles. The highest BCUT2D eigenvalue weighted by Gasteiger charge is 2.16. The molecule has 34 heavy (non-hydrogen) atoms. The number of carbonyl (C=O) groups excluding carboxylic acids is 2. The van der Waals surface area contributed by atoms with Gasteiger partial charge in [-0.2, -0.15) is 5.26 Å². The molecule has 0 bridgehead atoms. The molecule has 0 saturated carbocycles. The number of aromatic amines is 1. The highest BCUT2D eigenvalue weighted by atomic mass is 19.1. The maximum Gasteiger partial charge on any atom is 0.255 e. The molecule has 0 aliphatic heterocycles. The van der Waals surface area contributed by atoms with E-state index in [1.165, 1.54) is 24.4 Å². The number of hydrogen-bond acceptors (Lipinski definition) is 6. The van der Waals surface area contributed by atoms with Crippen LogP contribution in [0.2, 0.25) is 0 Å². The standard InChI is InChI=1S/C24H17FN6O3/c1-2-20(32)30-15-4-3-5-16(11-15)34-21-13-29-23-22(31-21)18(12-28-23)14-6-7-19(25)17(10-14)24(33)27-9-8-26/h2-7,10-13H,1,9H2,(H,27,33)(H,28,29)(H,30,32). The Labute approximate surface area is 192 Å². The zero-order valence-electron chi connectivity index (χ0n) is 17.6. The summed E-state index contributed by atoms with van der Waals surface area (Å²) in [6.07, 6.45) is 4.24. The van der Waals surface area contributed by atoms with Crippen molar-refractivity contribution in [2.75, 3.05) is 11.9 Å². The van der Waals surface area contributed by atoms with E-state index >= 15 is 0 Å². The largest absolute Gasteiger partial charge is 0.437 e. The SMILES string of the molecule is C=CC(=O)Nc1cccc(Oc2cnc3[nH]cc(-c4ccc(F)c(C(=O)NCC#N)c4)c3n2)c1. The molecule has 0 aliphatic carbocycles. The Morgan fingerprint density at radius 3 is 2.91 bits per heavy atom. The number of H-pyrrole nitrogens is 1. The van der Waals surface area contributed by atoms with Gasteiger partial charge in [-0.15, -0.1) is 0 Å². The number of aromatic nitrogens is 3. The molecule has 2 aromatic heterocycles. The van der Waals surface area contributed by atoms with E-state index in [4.69, 9.17) is 10.00 Å². The van der Waals surface area contributed by atoms with Gasteiger partial charge in [0.05, 0.1) is 17.8 Å². The normalized spacial score (nSPS) is 10.4. The van der Waals surface area contributed by atoms with Crippen LogP contribution in [0, 0.1) is 17.1 Å². The van der Waals surface area contributed by atoms with Crippen molar-refractivity contribution in [2.45, 2.75) is 0 Å². The van der Waals surface area contributed by atoms with Crippen LogP contribution in [-0.2, 0) is 4.79 Å². The van der Waals surface area contributed by atoms with Crippen LogP contribution in [-0.4, -0.2) is 33.3 Å². The predicted molar refractivity (Wildman–Crippen MR) is 123 cm³/mol. The van der Waals surface area contributed by atoms with Gasteiger partial charge in [0, 0.05) is 23.5 Å².